The number of nitrogens with zero attached hydrogens (tertiary/aromatic N) is 1. The van der Waals surface area contributed by atoms with Crippen molar-refractivity contribution in [1.82, 2.24) is 4.90 Å². The van der Waals surface area contributed by atoms with Gasteiger partial charge in [0.15, 0.2) is 0 Å². The van der Waals surface area contributed by atoms with Gasteiger partial charge < -0.3 is 4.90 Å². The SMILES string of the molecule is [CH2]CCCC(CCC)C(=O)N(C)C. The van der Waals surface area contributed by atoms with E-state index in [9.17, 15) is 4.79 Å². The molecular weight excluding hydrogens is 162 g/mol. The van der Waals surface area contributed by atoms with Crippen LogP contribution in [0.25, 0.3) is 0 Å². The van der Waals surface area contributed by atoms with Crippen LogP contribution in [0.4, 0.5) is 0 Å². The summed E-state index contributed by atoms with van der Waals surface area (Å²) in [6.45, 7) is 5.92. The second-order valence-electron chi connectivity index (χ2n) is 3.71. The molecular formula is C11H22NO. The van der Waals surface area contributed by atoms with E-state index in [0.29, 0.717) is 0 Å². The van der Waals surface area contributed by atoms with Crippen LogP contribution in [-0.4, -0.2) is 24.9 Å². The first-order valence-electron chi connectivity index (χ1n) is 5.13. The van der Waals surface area contributed by atoms with Crippen LogP contribution in [0.15, 0.2) is 0 Å². The highest BCUT2D eigenvalue weighted by Crippen LogP contribution is 2.16. The summed E-state index contributed by atoms with van der Waals surface area (Å²) in [7, 11) is 3.66. The first kappa shape index (κ1) is 12.5. The van der Waals surface area contributed by atoms with Gasteiger partial charge in [-0.1, -0.05) is 33.1 Å². The van der Waals surface area contributed by atoms with E-state index in [-0.39, 0.29) is 11.8 Å². The van der Waals surface area contributed by atoms with Gasteiger partial charge in [-0.15, -0.1) is 0 Å². The summed E-state index contributed by atoms with van der Waals surface area (Å²) in [6.07, 6.45) is 5.08. The van der Waals surface area contributed by atoms with Crippen molar-refractivity contribution in [3.8, 4) is 0 Å². The maximum atomic E-state index is 11.6. The largest absolute Gasteiger partial charge is 0.349 e. The lowest BCUT2D eigenvalue weighted by Gasteiger charge is -2.19. The molecule has 0 aromatic rings. The minimum absolute atomic E-state index is 0.224. The number of rotatable bonds is 6. The first-order chi connectivity index (χ1) is 6.13. The van der Waals surface area contributed by atoms with E-state index in [1.54, 1.807) is 4.90 Å². The van der Waals surface area contributed by atoms with Gasteiger partial charge in [-0.05, 0) is 12.8 Å². The molecule has 0 rings (SSSR count). The third kappa shape index (κ3) is 4.91. The van der Waals surface area contributed by atoms with Gasteiger partial charge >= 0.3 is 0 Å². The molecule has 0 saturated carbocycles. The molecule has 77 valence electrons. The third-order valence-electron chi connectivity index (χ3n) is 2.23. The fraction of sp³-hybridized carbons (Fsp3) is 0.818. The number of unbranched alkanes of at least 4 members (excludes halogenated alkanes) is 1. The lowest BCUT2D eigenvalue weighted by Crippen LogP contribution is -2.29. The van der Waals surface area contributed by atoms with Crippen molar-refractivity contribution < 1.29 is 4.79 Å². The van der Waals surface area contributed by atoms with Crippen molar-refractivity contribution in [2.24, 2.45) is 5.92 Å². The zero-order valence-electron chi connectivity index (χ0n) is 9.18. The van der Waals surface area contributed by atoms with Crippen molar-refractivity contribution in [1.29, 1.82) is 0 Å². The Hall–Kier alpha value is -0.530. The highest BCUT2D eigenvalue weighted by atomic mass is 16.2. The van der Waals surface area contributed by atoms with Crippen LogP contribution in [0.3, 0.4) is 0 Å². The molecule has 0 heterocycles. The van der Waals surface area contributed by atoms with E-state index in [1.807, 2.05) is 14.1 Å². The fourth-order valence-corrected chi connectivity index (χ4v) is 1.50. The van der Waals surface area contributed by atoms with Crippen LogP contribution in [0, 0.1) is 12.8 Å². The van der Waals surface area contributed by atoms with Crippen molar-refractivity contribution in [2.75, 3.05) is 14.1 Å². The third-order valence-corrected chi connectivity index (χ3v) is 2.23. The fourth-order valence-electron chi connectivity index (χ4n) is 1.50. The van der Waals surface area contributed by atoms with Crippen molar-refractivity contribution >= 4 is 5.91 Å². The Morgan fingerprint density at radius 2 is 2.00 bits per heavy atom. The second kappa shape index (κ2) is 6.93. The normalized spacial score (nSPS) is 12.6. The van der Waals surface area contributed by atoms with Gasteiger partial charge in [0.2, 0.25) is 5.91 Å². The molecule has 0 spiro atoms. The molecule has 0 aromatic carbocycles. The minimum atomic E-state index is 0.224. The molecule has 0 aliphatic rings. The number of amides is 1. The Kier molecular flexibility index (Phi) is 6.65. The highest BCUT2D eigenvalue weighted by Gasteiger charge is 2.17. The molecule has 1 unspecified atom stereocenters. The molecule has 2 nitrogen and oxygen atoms in total. The van der Waals surface area contributed by atoms with Crippen LogP contribution >= 0.6 is 0 Å². The van der Waals surface area contributed by atoms with E-state index in [4.69, 9.17) is 0 Å². The maximum absolute atomic E-state index is 11.6. The zero-order chi connectivity index (χ0) is 10.3. The van der Waals surface area contributed by atoms with E-state index in [0.717, 1.165) is 32.1 Å². The van der Waals surface area contributed by atoms with Crippen molar-refractivity contribution in [3.05, 3.63) is 6.92 Å². The number of hydrogen-bond donors (Lipinski definition) is 0. The molecule has 1 radical (unpaired) electrons. The Morgan fingerprint density at radius 1 is 1.38 bits per heavy atom. The average molecular weight is 184 g/mol. The van der Waals surface area contributed by atoms with Crippen molar-refractivity contribution in [2.45, 2.75) is 39.0 Å². The molecule has 0 N–H and O–H groups in total. The van der Waals surface area contributed by atoms with E-state index < -0.39 is 0 Å². The summed E-state index contributed by atoms with van der Waals surface area (Å²) < 4.78 is 0. The molecule has 13 heavy (non-hydrogen) atoms. The highest BCUT2D eigenvalue weighted by molar-refractivity contribution is 5.78. The van der Waals surface area contributed by atoms with E-state index in [1.165, 1.54) is 0 Å². The molecule has 1 atom stereocenters. The predicted molar refractivity (Wildman–Crippen MR) is 56.3 cm³/mol. The molecule has 0 fully saturated rings. The van der Waals surface area contributed by atoms with Gasteiger partial charge in [-0.3, -0.25) is 4.79 Å². The first-order valence-corrected chi connectivity index (χ1v) is 5.13. The molecule has 0 aliphatic carbocycles. The Labute approximate surface area is 82.3 Å². The zero-order valence-corrected chi connectivity index (χ0v) is 9.18. The predicted octanol–water partition coefficient (Wildman–Crippen LogP) is 2.50. The lowest BCUT2D eigenvalue weighted by atomic mass is 9.96. The maximum Gasteiger partial charge on any atom is 0.225 e. The van der Waals surface area contributed by atoms with Gasteiger partial charge in [-0.2, -0.15) is 0 Å². The van der Waals surface area contributed by atoms with Crippen LogP contribution < -0.4 is 0 Å². The Balaban J connectivity index is 3.99. The lowest BCUT2D eigenvalue weighted by molar-refractivity contribution is -0.133. The summed E-state index contributed by atoms with van der Waals surface area (Å²) in [5, 5.41) is 0. The smallest absolute Gasteiger partial charge is 0.225 e. The number of carbonyl (C=O) groups excluding carboxylic acids is 1. The van der Waals surface area contributed by atoms with Crippen molar-refractivity contribution in [3.63, 3.8) is 0 Å². The molecule has 2 heteroatoms. The summed E-state index contributed by atoms with van der Waals surface area (Å²) in [4.78, 5) is 13.3. The quantitative estimate of drug-likeness (QED) is 0.621. The van der Waals surface area contributed by atoms with Gasteiger partial charge in [0, 0.05) is 20.0 Å². The van der Waals surface area contributed by atoms with Crippen LogP contribution in [0.5, 0.6) is 0 Å². The average Bonchev–Trinajstić information content (AvgIpc) is 2.11. The van der Waals surface area contributed by atoms with Crippen LogP contribution in [0.1, 0.15) is 39.0 Å². The minimum Gasteiger partial charge on any atom is -0.349 e. The molecule has 0 bridgehead atoms. The molecule has 0 aromatic heterocycles. The monoisotopic (exact) mass is 184 g/mol. The molecule has 0 aliphatic heterocycles. The Morgan fingerprint density at radius 3 is 2.38 bits per heavy atom. The van der Waals surface area contributed by atoms with Gasteiger partial charge in [0.05, 0.1) is 0 Å². The van der Waals surface area contributed by atoms with E-state index >= 15 is 0 Å². The standard InChI is InChI=1S/C11H22NO/c1-5-7-9-10(8-6-2)11(13)12(3)4/h10H,1,5-9H2,2-4H3. The second-order valence-corrected chi connectivity index (χ2v) is 3.71. The summed E-state index contributed by atoms with van der Waals surface area (Å²) in [5.41, 5.74) is 0. The summed E-state index contributed by atoms with van der Waals surface area (Å²) in [5.74, 6) is 0.497. The van der Waals surface area contributed by atoms with Gasteiger partial charge in [0.25, 0.3) is 0 Å². The Bertz CT molecular complexity index is 143. The van der Waals surface area contributed by atoms with Crippen LogP contribution in [-0.2, 0) is 4.79 Å². The van der Waals surface area contributed by atoms with Gasteiger partial charge in [-0.25, -0.2) is 0 Å². The molecule has 1 amide bonds. The number of hydrogen-bond acceptors (Lipinski definition) is 1. The topological polar surface area (TPSA) is 20.3 Å². The van der Waals surface area contributed by atoms with E-state index in [2.05, 4.69) is 13.8 Å². The molecule has 0 saturated heterocycles. The summed E-state index contributed by atoms with van der Waals surface area (Å²) in [6, 6.07) is 0. The van der Waals surface area contributed by atoms with Gasteiger partial charge in [0.1, 0.15) is 0 Å². The van der Waals surface area contributed by atoms with Crippen LogP contribution in [0.2, 0.25) is 0 Å². The summed E-state index contributed by atoms with van der Waals surface area (Å²) >= 11 is 0. The number of carbonyl (C=O) groups is 1.